The first-order valence-corrected chi connectivity index (χ1v) is 8.48. The molecule has 0 bridgehead atoms. The fourth-order valence-corrected chi connectivity index (χ4v) is 3.20. The van der Waals surface area contributed by atoms with Crippen molar-refractivity contribution < 1.29 is 0 Å². The maximum Gasteiger partial charge on any atom is 0.117 e. The molecule has 0 saturated carbocycles. The van der Waals surface area contributed by atoms with Gasteiger partial charge in [-0.2, -0.15) is 0 Å². The van der Waals surface area contributed by atoms with Gasteiger partial charge in [0.1, 0.15) is 5.82 Å². The molecule has 0 atom stereocenters. The highest BCUT2D eigenvalue weighted by molar-refractivity contribution is 7.97. The summed E-state index contributed by atoms with van der Waals surface area (Å²) >= 11 is 1.90. The Labute approximate surface area is 130 Å². The summed E-state index contributed by atoms with van der Waals surface area (Å²) in [5.74, 6) is 3.60. The molecule has 3 aromatic rings. The highest BCUT2D eigenvalue weighted by Crippen LogP contribution is 2.20. The number of rotatable bonds is 5. The van der Waals surface area contributed by atoms with Gasteiger partial charge in [-0.05, 0) is 29.2 Å². The molecule has 0 radical (unpaired) electrons. The minimum absolute atomic E-state index is 0.599. The Kier molecular flexibility index (Phi) is 4.30. The van der Waals surface area contributed by atoms with E-state index in [1.165, 1.54) is 11.1 Å². The molecule has 3 heteroatoms. The van der Waals surface area contributed by atoms with Crippen molar-refractivity contribution in [3.8, 4) is 0 Å². The van der Waals surface area contributed by atoms with Gasteiger partial charge in [0.25, 0.3) is 0 Å². The van der Waals surface area contributed by atoms with Crippen LogP contribution in [0.4, 0.5) is 0 Å². The third-order valence-electron chi connectivity index (χ3n) is 3.59. The number of para-hydroxylation sites is 2. The van der Waals surface area contributed by atoms with Gasteiger partial charge in [0.2, 0.25) is 0 Å². The van der Waals surface area contributed by atoms with E-state index >= 15 is 0 Å². The number of nitrogens with zero attached hydrogens (tertiary/aromatic N) is 1. The van der Waals surface area contributed by atoms with E-state index in [0.29, 0.717) is 5.92 Å². The Morgan fingerprint density at radius 2 is 1.76 bits per heavy atom. The van der Waals surface area contributed by atoms with Crippen molar-refractivity contribution in [1.29, 1.82) is 0 Å². The predicted molar refractivity (Wildman–Crippen MR) is 91.6 cm³/mol. The normalized spacial score (nSPS) is 11.4. The van der Waals surface area contributed by atoms with Crippen molar-refractivity contribution in [3.63, 3.8) is 0 Å². The van der Waals surface area contributed by atoms with E-state index in [2.05, 4.69) is 54.1 Å². The summed E-state index contributed by atoms with van der Waals surface area (Å²) in [6.07, 6.45) is 0. The molecule has 0 aliphatic carbocycles. The van der Waals surface area contributed by atoms with Gasteiger partial charge < -0.3 is 4.98 Å². The van der Waals surface area contributed by atoms with Gasteiger partial charge in [0.05, 0.1) is 16.8 Å². The van der Waals surface area contributed by atoms with E-state index in [-0.39, 0.29) is 0 Å². The summed E-state index contributed by atoms with van der Waals surface area (Å²) in [6.45, 7) is 4.46. The lowest BCUT2D eigenvalue weighted by Gasteiger charge is -2.06. The zero-order valence-electron chi connectivity index (χ0n) is 12.5. The van der Waals surface area contributed by atoms with Crippen LogP contribution in [0.3, 0.4) is 0 Å². The first-order chi connectivity index (χ1) is 10.2. The van der Waals surface area contributed by atoms with Crippen LogP contribution in [0.1, 0.15) is 36.7 Å². The summed E-state index contributed by atoms with van der Waals surface area (Å²) in [4.78, 5) is 7.98. The van der Waals surface area contributed by atoms with Gasteiger partial charge in [-0.3, -0.25) is 0 Å². The lowest BCUT2D eigenvalue weighted by atomic mass is 10.0. The van der Waals surface area contributed by atoms with Crippen molar-refractivity contribution in [1.82, 2.24) is 9.97 Å². The topological polar surface area (TPSA) is 28.7 Å². The van der Waals surface area contributed by atoms with Crippen molar-refractivity contribution in [3.05, 3.63) is 65.5 Å². The SMILES string of the molecule is CC(C)c1ccc(CSCc2nc3ccccc3[nH]2)cc1. The van der Waals surface area contributed by atoms with Crippen LogP contribution in [-0.2, 0) is 11.5 Å². The maximum absolute atomic E-state index is 4.60. The maximum atomic E-state index is 4.60. The first kappa shape index (κ1) is 14.2. The number of imidazole rings is 1. The average Bonchev–Trinajstić information content (AvgIpc) is 2.90. The second-order valence-corrected chi connectivity index (χ2v) is 6.58. The van der Waals surface area contributed by atoms with Gasteiger partial charge in [0, 0.05) is 5.75 Å². The molecule has 0 aliphatic rings. The number of hydrogen-bond acceptors (Lipinski definition) is 2. The van der Waals surface area contributed by atoms with Gasteiger partial charge in [-0.25, -0.2) is 4.98 Å². The number of H-pyrrole nitrogens is 1. The molecule has 2 nitrogen and oxygen atoms in total. The second-order valence-electron chi connectivity index (χ2n) is 5.59. The second kappa shape index (κ2) is 6.35. The van der Waals surface area contributed by atoms with Crippen LogP contribution in [0.15, 0.2) is 48.5 Å². The zero-order chi connectivity index (χ0) is 14.7. The molecule has 108 valence electrons. The van der Waals surface area contributed by atoms with E-state index < -0.39 is 0 Å². The highest BCUT2D eigenvalue weighted by atomic mass is 32.2. The van der Waals surface area contributed by atoms with Gasteiger partial charge in [-0.1, -0.05) is 50.2 Å². The molecule has 0 aliphatic heterocycles. The van der Waals surface area contributed by atoms with Crippen molar-refractivity contribution in [2.75, 3.05) is 0 Å². The minimum Gasteiger partial charge on any atom is -0.341 e. The van der Waals surface area contributed by atoms with Gasteiger partial charge in [-0.15, -0.1) is 11.8 Å². The van der Waals surface area contributed by atoms with E-state index in [0.717, 1.165) is 28.4 Å². The highest BCUT2D eigenvalue weighted by Gasteiger charge is 2.03. The molecule has 2 aromatic carbocycles. The minimum atomic E-state index is 0.599. The molecule has 0 unspecified atom stereocenters. The molecule has 1 heterocycles. The summed E-state index contributed by atoms with van der Waals surface area (Å²) in [5.41, 5.74) is 4.95. The van der Waals surface area contributed by atoms with Crippen molar-refractivity contribution in [2.24, 2.45) is 0 Å². The molecule has 1 N–H and O–H groups in total. The lowest BCUT2D eigenvalue weighted by Crippen LogP contribution is -1.89. The van der Waals surface area contributed by atoms with E-state index in [4.69, 9.17) is 0 Å². The molecule has 0 fully saturated rings. The quantitative estimate of drug-likeness (QED) is 0.708. The van der Waals surface area contributed by atoms with Crippen LogP contribution in [0.25, 0.3) is 11.0 Å². The van der Waals surface area contributed by atoms with Crippen molar-refractivity contribution >= 4 is 22.8 Å². The smallest absolute Gasteiger partial charge is 0.117 e. The molecule has 0 amide bonds. The largest absolute Gasteiger partial charge is 0.341 e. The first-order valence-electron chi connectivity index (χ1n) is 7.32. The van der Waals surface area contributed by atoms with Gasteiger partial charge >= 0.3 is 0 Å². The monoisotopic (exact) mass is 296 g/mol. The molecule has 1 aromatic heterocycles. The third kappa shape index (κ3) is 3.48. The standard InChI is InChI=1S/C18H20N2S/c1-13(2)15-9-7-14(8-10-15)11-21-12-18-19-16-5-3-4-6-17(16)20-18/h3-10,13H,11-12H2,1-2H3,(H,19,20). The molecule has 21 heavy (non-hydrogen) atoms. The molecular weight excluding hydrogens is 276 g/mol. The Morgan fingerprint density at radius 3 is 2.48 bits per heavy atom. The Bertz CT molecular complexity index is 680. The Hall–Kier alpha value is -1.74. The van der Waals surface area contributed by atoms with Crippen LogP contribution in [0, 0.1) is 0 Å². The Balaban J connectivity index is 1.58. The fourth-order valence-electron chi connectivity index (χ4n) is 2.34. The summed E-state index contributed by atoms with van der Waals surface area (Å²) in [6, 6.07) is 17.1. The summed E-state index contributed by atoms with van der Waals surface area (Å²) in [7, 11) is 0. The summed E-state index contributed by atoms with van der Waals surface area (Å²) in [5, 5.41) is 0. The van der Waals surface area contributed by atoms with Gasteiger partial charge in [0.15, 0.2) is 0 Å². The van der Waals surface area contributed by atoms with Crippen LogP contribution in [0.5, 0.6) is 0 Å². The molecule has 0 saturated heterocycles. The fraction of sp³-hybridized carbons (Fsp3) is 0.278. The number of hydrogen-bond donors (Lipinski definition) is 1. The van der Waals surface area contributed by atoms with E-state index in [9.17, 15) is 0 Å². The number of fused-ring (bicyclic) bond motifs is 1. The number of aromatic nitrogens is 2. The Morgan fingerprint density at radius 1 is 1.00 bits per heavy atom. The third-order valence-corrected chi connectivity index (χ3v) is 4.61. The van der Waals surface area contributed by atoms with Crippen LogP contribution in [0.2, 0.25) is 0 Å². The van der Waals surface area contributed by atoms with E-state index in [1.807, 2.05) is 30.0 Å². The predicted octanol–water partition coefficient (Wildman–Crippen LogP) is 5.12. The molecule has 0 spiro atoms. The van der Waals surface area contributed by atoms with Crippen molar-refractivity contribution in [2.45, 2.75) is 31.3 Å². The number of thioether (sulfide) groups is 1. The zero-order valence-corrected chi connectivity index (χ0v) is 13.3. The molecule has 3 rings (SSSR count). The lowest BCUT2D eigenvalue weighted by molar-refractivity contribution is 0.866. The van der Waals surface area contributed by atoms with Crippen LogP contribution >= 0.6 is 11.8 Å². The average molecular weight is 296 g/mol. The number of aromatic amines is 1. The van der Waals surface area contributed by atoms with E-state index in [1.54, 1.807) is 0 Å². The number of nitrogens with one attached hydrogen (secondary N) is 1. The summed E-state index contributed by atoms with van der Waals surface area (Å²) < 4.78 is 0. The van der Waals surface area contributed by atoms with Crippen LogP contribution < -0.4 is 0 Å². The molecular formula is C18H20N2S. The van der Waals surface area contributed by atoms with Crippen LogP contribution in [-0.4, -0.2) is 9.97 Å². The number of benzene rings is 2.